The molecular weight excluding hydrogens is 314 g/mol. The van der Waals surface area contributed by atoms with Crippen molar-refractivity contribution >= 4 is 23.2 Å². The van der Waals surface area contributed by atoms with Gasteiger partial charge >= 0.3 is 0 Å². The third kappa shape index (κ3) is 3.59. The fourth-order valence-electron chi connectivity index (χ4n) is 2.75. The van der Waals surface area contributed by atoms with Crippen LogP contribution in [-0.4, -0.2) is 11.8 Å². The molecule has 0 radical (unpaired) electrons. The first-order chi connectivity index (χ1) is 11.5. The SMILES string of the molecule is O=C(CCC1Cc2ccccc2NC1=O)Nc1ccc(F)c(F)c1. The number of benzene rings is 2. The Hall–Kier alpha value is -2.76. The first-order valence-corrected chi connectivity index (χ1v) is 7.66. The van der Waals surface area contributed by atoms with Crippen molar-refractivity contribution in [3.05, 3.63) is 59.7 Å². The topological polar surface area (TPSA) is 58.2 Å². The molecule has 0 bridgehead atoms. The summed E-state index contributed by atoms with van der Waals surface area (Å²) in [4.78, 5) is 24.0. The van der Waals surface area contributed by atoms with E-state index in [1.165, 1.54) is 6.07 Å². The van der Waals surface area contributed by atoms with Crippen LogP contribution in [0, 0.1) is 17.6 Å². The van der Waals surface area contributed by atoms with E-state index in [9.17, 15) is 18.4 Å². The number of amides is 2. The van der Waals surface area contributed by atoms with Crippen LogP contribution in [0.3, 0.4) is 0 Å². The molecule has 2 aromatic carbocycles. The number of carbonyl (C=O) groups is 2. The number of anilines is 2. The van der Waals surface area contributed by atoms with Crippen LogP contribution >= 0.6 is 0 Å². The van der Waals surface area contributed by atoms with E-state index in [0.29, 0.717) is 12.8 Å². The largest absolute Gasteiger partial charge is 0.326 e. The molecule has 2 aromatic rings. The maximum atomic E-state index is 13.1. The summed E-state index contributed by atoms with van der Waals surface area (Å²) in [6, 6.07) is 10.7. The second-order valence-corrected chi connectivity index (χ2v) is 5.76. The van der Waals surface area contributed by atoms with Crippen molar-refractivity contribution in [3.63, 3.8) is 0 Å². The molecule has 2 amide bonds. The van der Waals surface area contributed by atoms with E-state index in [2.05, 4.69) is 10.6 Å². The fourth-order valence-corrected chi connectivity index (χ4v) is 2.75. The van der Waals surface area contributed by atoms with E-state index < -0.39 is 11.6 Å². The second kappa shape index (κ2) is 6.78. The molecule has 0 spiro atoms. The number of rotatable bonds is 4. The van der Waals surface area contributed by atoms with Gasteiger partial charge in [-0.2, -0.15) is 0 Å². The van der Waals surface area contributed by atoms with Crippen LogP contribution in [0.15, 0.2) is 42.5 Å². The van der Waals surface area contributed by atoms with Gasteiger partial charge in [-0.3, -0.25) is 9.59 Å². The van der Waals surface area contributed by atoms with Gasteiger partial charge in [-0.25, -0.2) is 8.78 Å². The Balaban J connectivity index is 1.56. The van der Waals surface area contributed by atoms with Gasteiger partial charge < -0.3 is 10.6 Å². The number of hydrogen-bond acceptors (Lipinski definition) is 2. The molecule has 3 rings (SSSR count). The molecule has 1 unspecified atom stereocenters. The second-order valence-electron chi connectivity index (χ2n) is 5.76. The van der Waals surface area contributed by atoms with Gasteiger partial charge in [-0.05, 0) is 36.6 Å². The number of hydrogen-bond donors (Lipinski definition) is 2. The minimum Gasteiger partial charge on any atom is -0.326 e. The van der Waals surface area contributed by atoms with E-state index in [1.807, 2.05) is 24.3 Å². The minimum absolute atomic E-state index is 0.102. The molecule has 24 heavy (non-hydrogen) atoms. The number of carbonyl (C=O) groups excluding carboxylic acids is 2. The van der Waals surface area contributed by atoms with Crippen LogP contribution < -0.4 is 10.6 Å². The van der Waals surface area contributed by atoms with E-state index in [0.717, 1.165) is 23.4 Å². The van der Waals surface area contributed by atoms with Crippen LogP contribution in [0.2, 0.25) is 0 Å². The normalized spacial score (nSPS) is 16.2. The maximum absolute atomic E-state index is 13.1. The van der Waals surface area contributed by atoms with Gasteiger partial charge in [0.1, 0.15) is 0 Å². The Labute approximate surface area is 137 Å². The number of para-hydroxylation sites is 1. The molecular formula is C18H16F2N2O2. The lowest BCUT2D eigenvalue weighted by atomic mass is 9.89. The first kappa shape index (κ1) is 16.1. The van der Waals surface area contributed by atoms with E-state index >= 15 is 0 Å². The molecule has 1 aliphatic heterocycles. The van der Waals surface area contributed by atoms with Crippen LogP contribution in [0.25, 0.3) is 0 Å². The van der Waals surface area contributed by atoms with Crippen LogP contribution in [-0.2, 0) is 16.0 Å². The summed E-state index contributed by atoms with van der Waals surface area (Å²) in [6.07, 6.45) is 1.09. The fraction of sp³-hybridized carbons (Fsp3) is 0.222. The van der Waals surface area contributed by atoms with Gasteiger partial charge in [0.2, 0.25) is 11.8 Å². The van der Waals surface area contributed by atoms with Gasteiger partial charge in [-0.1, -0.05) is 18.2 Å². The molecule has 0 aromatic heterocycles. The molecule has 1 aliphatic rings. The summed E-state index contributed by atoms with van der Waals surface area (Å²) in [5, 5.41) is 5.34. The van der Waals surface area contributed by atoms with Crippen molar-refractivity contribution < 1.29 is 18.4 Å². The zero-order chi connectivity index (χ0) is 17.1. The van der Waals surface area contributed by atoms with Crippen molar-refractivity contribution in [2.45, 2.75) is 19.3 Å². The molecule has 1 atom stereocenters. The first-order valence-electron chi connectivity index (χ1n) is 7.66. The third-order valence-electron chi connectivity index (χ3n) is 4.04. The van der Waals surface area contributed by atoms with Crippen LogP contribution in [0.4, 0.5) is 20.2 Å². The van der Waals surface area contributed by atoms with E-state index in [1.54, 1.807) is 0 Å². The standard InChI is InChI=1S/C18H16F2N2O2/c19-14-7-6-13(10-15(14)20)21-17(23)8-5-12-9-11-3-1-2-4-16(11)22-18(12)24/h1-4,6-7,10,12H,5,8-9H2,(H,21,23)(H,22,24). The average Bonchev–Trinajstić information content (AvgIpc) is 2.56. The highest BCUT2D eigenvalue weighted by Crippen LogP contribution is 2.27. The van der Waals surface area contributed by atoms with Gasteiger partial charge in [0, 0.05) is 29.8 Å². The number of halogens is 2. The molecule has 2 N–H and O–H groups in total. The number of nitrogens with one attached hydrogen (secondary N) is 2. The molecule has 0 saturated carbocycles. The number of fused-ring (bicyclic) bond motifs is 1. The van der Waals surface area contributed by atoms with Gasteiger partial charge in [0.05, 0.1) is 0 Å². The van der Waals surface area contributed by atoms with Crippen molar-refractivity contribution in [1.82, 2.24) is 0 Å². The summed E-state index contributed by atoms with van der Waals surface area (Å²) < 4.78 is 26.0. The Kier molecular flexibility index (Phi) is 4.55. The van der Waals surface area contributed by atoms with Crippen molar-refractivity contribution in [2.24, 2.45) is 5.92 Å². The third-order valence-corrected chi connectivity index (χ3v) is 4.04. The molecule has 0 saturated heterocycles. The van der Waals surface area contributed by atoms with E-state index in [4.69, 9.17) is 0 Å². The lowest BCUT2D eigenvalue weighted by molar-refractivity contribution is -0.121. The maximum Gasteiger partial charge on any atom is 0.227 e. The molecule has 0 fully saturated rings. The van der Waals surface area contributed by atoms with Gasteiger partial charge in [0.15, 0.2) is 11.6 Å². The zero-order valence-electron chi connectivity index (χ0n) is 12.8. The predicted octanol–water partition coefficient (Wildman–Crippen LogP) is 3.49. The summed E-state index contributed by atoms with van der Waals surface area (Å²) >= 11 is 0. The van der Waals surface area contributed by atoms with Crippen LogP contribution in [0.1, 0.15) is 18.4 Å². The Morgan fingerprint density at radius 3 is 2.75 bits per heavy atom. The summed E-state index contributed by atoms with van der Waals surface area (Å²) in [6.45, 7) is 0. The quantitative estimate of drug-likeness (QED) is 0.901. The lowest BCUT2D eigenvalue weighted by Gasteiger charge is -2.24. The average molecular weight is 330 g/mol. The highest BCUT2D eigenvalue weighted by Gasteiger charge is 2.26. The van der Waals surface area contributed by atoms with Crippen LogP contribution in [0.5, 0.6) is 0 Å². The minimum atomic E-state index is -1.02. The lowest BCUT2D eigenvalue weighted by Crippen LogP contribution is -2.30. The molecule has 124 valence electrons. The summed E-state index contributed by atoms with van der Waals surface area (Å²) in [7, 11) is 0. The smallest absolute Gasteiger partial charge is 0.227 e. The van der Waals surface area contributed by atoms with Gasteiger partial charge in [-0.15, -0.1) is 0 Å². The Bertz CT molecular complexity index is 792. The van der Waals surface area contributed by atoms with Crippen molar-refractivity contribution in [3.8, 4) is 0 Å². The highest BCUT2D eigenvalue weighted by molar-refractivity contribution is 5.96. The predicted molar refractivity (Wildman–Crippen MR) is 86.5 cm³/mol. The highest BCUT2D eigenvalue weighted by atomic mass is 19.2. The summed E-state index contributed by atoms with van der Waals surface area (Å²) in [5.41, 5.74) is 2.05. The van der Waals surface area contributed by atoms with Crippen molar-refractivity contribution in [2.75, 3.05) is 10.6 Å². The van der Waals surface area contributed by atoms with Crippen molar-refractivity contribution in [1.29, 1.82) is 0 Å². The zero-order valence-corrected chi connectivity index (χ0v) is 12.8. The molecule has 1 heterocycles. The van der Waals surface area contributed by atoms with E-state index in [-0.39, 0.29) is 29.8 Å². The Morgan fingerprint density at radius 1 is 1.17 bits per heavy atom. The molecule has 0 aliphatic carbocycles. The van der Waals surface area contributed by atoms with Gasteiger partial charge in [0.25, 0.3) is 0 Å². The summed E-state index contributed by atoms with van der Waals surface area (Å²) in [5.74, 6) is -2.71. The molecule has 6 heteroatoms. The molecule has 4 nitrogen and oxygen atoms in total. The monoisotopic (exact) mass is 330 g/mol. The Morgan fingerprint density at radius 2 is 1.96 bits per heavy atom.